The third-order valence-electron chi connectivity index (χ3n) is 4.90. The highest BCUT2D eigenvalue weighted by atomic mass is 16.5. The minimum atomic E-state index is 0.111. The van der Waals surface area contributed by atoms with Gasteiger partial charge in [-0.25, -0.2) is 0 Å². The van der Waals surface area contributed by atoms with Crippen molar-refractivity contribution in [2.24, 2.45) is 0 Å². The molecular weight excluding hydrogens is 328 g/mol. The molecule has 138 valence electrons. The maximum atomic E-state index is 12.3. The molecule has 2 aromatic rings. The SMILES string of the molecule is COc1ccc(CCNC(=O)C[NH+]2CCc3ccccc3C2)cc1OC. The van der Waals surface area contributed by atoms with Crippen LogP contribution in [-0.2, 0) is 24.2 Å². The van der Waals surface area contributed by atoms with Crippen molar-refractivity contribution in [1.29, 1.82) is 0 Å². The molecule has 0 radical (unpaired) electrons. The molecular formula is C21H27N2O3+. The molecule has 1 heterocycles. The Bertz CT molecular complexity index is 761. The minimum Gasteiger partial charge on any atom is -0.493 e. The van der Waals surface area contributed by atoms with E-state index in [0.29, 0.717) is 24.6 Å². The van der Waals surface area contributed by atoms with Crippen LogP contribution < -0.4 is 19.7 Å². The molecule has 5 nitrogen and oxygen atoms in total. The molecule has 2 aromatic carbocycles. The molecule has 26 heavy (non-hydrogen) atoms. The standard InChI is InChI=1S/C21H26N2O3/c1-25-19-8-7-16(13-20(19)26-2)9-11-22-21(24)15-23-12-10-17-5-3-4-6-18(17)14-23/h3-8,13H,9-12,14-15H2,1-2H3,(H,22,24)/p+1. The van der Waals surface area contributed by atoms with Crippen LogP contribution in [0, 0.1) is 0 Å². The van der Waals surface area contributed by atoms with Gasteiger partial charge in [-0.15, -0.1) is 0 Å². The number of benzene rings is 2. The summed E-state index contributed by atoms with van der Waals surface area (Å²) in [7, 11) is 3.25. The number of carbonyl (C=O) groups excluding carboxylic acids is 1. The Morgan fingerprint density at radius 2 is 1.85 bits per heavy atom. The fourth-order valence-electron chi connectivity index (χ4n) is 3.47. The normalized spacial score (nSPS) is 15.8. The van der Waals surface area contributed by atoms with Gasteiger partial charge in [-0.05, 0) is 29.7 Å². The summed E-state index contributed by atoms with van der Waals surface area (Å²) in [5.74, 6) is 1.54. The van der Waals surface area contributed by atoms with E-state index >= 15 is 0 Å². The van der Waals surface area contributed by atoms with Gasteiger partial charge < -0.3 is 19.7 Å². The Morgan fingerprint density at radius 1 is 1.08 bits per heavy atom. The van der Waals surface area contributed by atoms with Gasteiger partial charge in [0.05, 0.1) is 20.8 Å². The van der Waals surface area contributed by atoms with Crippen molar-refractivity contribution in [3.8, 4) is 11.5 Å². The molecule has 0 saturated carbocycles. The lowest BCUT2D eigenvalue weighted by molar-refractivity contribution is -0.908. The van der Waals surface area contributed by atoms with E-state index in [1.165, 1.54) is 16.0 Å². The molecule has 1 atom stereocenters. The lowest BCUT2D eigenvalue weighted by atomic mass is 10.00. The molecule has 1 aliphatic rings. The summed E-state index contributed by atoms with van der Waals surface area (Å²) in [6, 6.07) is 14.4. The molecule has 1 aliphatic heterocycles. The van der Waals surface area contributed by atoms with E-state index in [1.54, 1.807) is 14.2 Å². The number of fused-ring (bicyclic) bond motifs is 1. The van der Waals surface area contributed by atoms with E-state index in [-0.39, 0.29) is 5.91 Å². The topological polar surface area (TPSA) is 52.0 Å². The molecule has 0 saturated heterocycles. The van der Waals surface area contributed by atoms with E-state index in [4.69, 9.17) is 9.47 Å². The van der Waals surface area contributed by atoms with Crippen LogP contribution in [0.4, 0.5) is 0 Å². The molecule has 2 N–H and O–H groups in total. The summed E-state index contributed by atoms with van der Waals surface area (Å²) in [6.07, 6.45) is 1.81. The fraction of sp³-hybridized carbons (Fsp3) is 0.381. The van der Waals surface area contributed by atoms with Crippen molar-refractivity contribution in [1.82, 2.24) is 5.32 Å². The number of amides is 1. The number of nitrogens with one attached hydrogen (secondary N) is 2. The largest absolute Gasteiger partial charge is 0.493 e. The quantitative estimate of drug-likeness (QED) is 0.779. The molecule has 1 amide bonds. The Kier molecular flexibility index (Phi) is 6.12. The van der Waals surface area contributed by atoms with E-state index in [9.17, 15) is 4.79 Å². The maximum absolute atomic E-state index is 12.3. The molecule has 5 heteroatoms. The summed E-state index contributed by atoms with van der Waals surface area (Å²) >= 11 is 0. The highest BCUT2D eigenvalue weighted by molar-refractivity contribution is 5.76. The summed E-state index contributed by atoms with van der Waals surface area (Å²) in [4.78, 5) is 13.6. The summed E-state index contributed by atoms with van der Waals surface area (Å²) in [5.41, 5.74) is 3.90. The second-order valence-electron chi connectivity index (χ2n) is 6.66. The highest BCUT2D eigenvalue weighted by Gasteiger charge is 2.21. The van der Waals surface area contributed by atoms with Gasteiger partial charge >= 0.3 is 0 Å². The first-order valence-electron chi connectivity index (χ1n) is 9.07. The fourth-order valence-corrected chi connectivity index (χ4v) is 3.47. The average Bonchev–Trinajstić information content (AvgIpc) is 2.67. The zero-order valence-electron chi connectivity index (χ0n) is 15.5. The van der Waals surface area contributed by atoms with Crippen molar-refractivity contribution in [2.45, 2.75) is 19.4 Å². The highest BCUT2D eigenvalue weighted by Crippen LogP contribution is 2.27. The summed E-state index contributed by atoms with van der Waals surface area (Å²) in [5, 5.41) is 3.04. The van der Waals surface area contributed by atoms with E-state index in [2.05, 4.69) is 29.6 Å². The second-order valence-corrected chi connectivity index (χ2v) is 6.66. The van der Waals surface area contributed by atoms with Crippen molar-refractivity contribution in [3.63, 3.8) is 0 Å². The van der Waals surface area contributed by atoms with Gasteiger partial charge in [-0.2, -0.15) is 0 Å². The number of hydrogen-bond donors (Lipinski definition) is 2. The number of quaternary nitrogens is 1. The molecule has 0 fully saturated rings. The summed E-state index contributed by atoms with van der Waals surface area (Å²) < 4.78 is 10.6. The first kappa shape index (κ1) is 18.3. The Morgan fingerprint density at radius 3 is 2.62 bits per heavy atom. The average molecular weight is 355 g/mol. The van der Waals surface area contributed by atoms with Gasteiger partial charge in [0.25, 0.3) is 5.91 Å². The maximum Gasteiger partial charge on any atom is 0.275 e. The number of rotatable bonds is 7. The zero-order chi connectivity index (χ0) is 18.4. The molecule has 0 aliphatic carbocycles. The summed E-state index contributed by atoms with van der Waals surface area (Å²) in [6.45, 7) is 3.10. The first-order chi connectivity index (χ1) is 12.7. The van der Waals surface area contributed by atoms with E-state index in [1.807, 2.05) is 18.2 Å². The van der Waals surface area contributed by atoms with Crippen molar-refractivity contribution >= 4 is 5.91 Å². The van der Waals surface area contributed by atoms with Crippen LogP contribution >= 0.6 is 0 Å². The second kappa shape index (κ2) is 8.72. The van der Waals surface area contributed by atoms with Gasteiger partial charge in [-0.1, -0.05) is 30.3 Å². The number of ether oxygens (including phenoxy) is 2. The zero-order valence-corrected chi connectivity index (χ0v) is 15.5. The van der Waals surface area contributed by atoms with Gasteiger partial charge in [0.15, 0.2) is 18.0 Å². The molecule has 3 rings (SSSR count). The van der Waals surface area contributed by atoms with Crippen molar-refractivity contribution in [3.05, 3.63) is 59.2 Å². The van der Waals surface area contributed by atoms with Crippen LogP contribution in [0.1, 0.15) is 16.7 Å². The van der Waals surface area contributed by atoms with Crippen molar-refractivity contribution in [2.75, 3.05) is 33.9 Å². The van der Waals surface area contributed by atoms with Crippen LogP contribution in [0.25, 0.3) is 0 Å². The van der Waals surface area contributed by atoms with Crippen molar-refractivity contribution < 1.29 is 19.2 Å². The monoisotopic (exact) mass is 355 g/mol. The third-order valence-corrected chi connectivity index (χ3v) is 4.90. The predicted octanol–water partition coefficient (Wildman–Crippen LogP) is 1.00. The van der Waals surface area contributed by atoms with E-state index < -0.39 is 0 Å². The Balaban J connectivity index is 1.45. The van der Waals surface area contributed by atoms with Crippen LogP contribution in [0.2, 0.25) is 0 Å². The first-order valence-corrected chi connectivity index (χ1v) is 9.07. The third kappa shape index (κ3) is 4.55. The smallest absolute Gasteiger partial charge is 0.275 e. The molecule has 1 unspecified atom stereocenters. The predicted molar refractivity (Wildman–Crippen MR) is 101 cm³/mol. The van der Waals surface area contributed by atoms with Gasteiger partial charge in [0, 0.05) is 18.5 Å². The number of methoxy groups -OCH3 is 2. The van der Waals surface area contributed by atoms with Gasteiger partial charge in [-0.3, -0.25) is 4.79 Å². The molecule has 0 spiro atoms. The molecule has 0 bridgehead atoms. The van der Waals surface area contributed by atoms with Crippen LogP contribution in [0.5, 0.6) is 11.5 Å². The molecule has 0 aromatic heterocycles. The lowest BCUT2D eigenvalue weighted by Crippen LogP contribution is -3.12. The van der Waals surface area contributed by atoms with Gasteiger partial charge in [0.1, 0.15) is 6.54 Å². The van der Waals surface area contributed by atoms with E-state index in [0.717, 1.165) is 31.5 Å². The Labute approximate surface area is 154 Å². The van der Waals surface area contributed by atoms with Crippen LogP contribution in [-0.4, -0.2) is 39.8 Å². The van der Waals surface area contributed by atoms with Crippen LogP contribution in [0.3, 0.4) is 0 Å². The number of carbonyl (C=O) groups is 1. The number of hydrogen-bond acceptors (Lipinski definition) is 3. The minimum absolute atomic E-state index is 0.111. The Hall–Kier alpha value is -2.53. The van der Waals surface area contributed by atoms with Gasteiger partial charge in [0.2, 0.25) is 0 Å². The lowest BCUT2D eigenvalue weighted by Gasteiger charge is -2.25. The van der Waals surface area contributed by atoms with Crippen LogP contribution in [0.15, 0.2) is 42.5 Å².